The van der Waals surface area contributed by atoms with Crippen LogP contribution in [0.2, 0.25) is 0 Å². The van der Waals surface area contributed by atoms with Crippen LogP contribution in [-0.2, 0) is 5.41 Å². The van der Waals surface area contributed by atoms with Gasteiger partial charge in [0.2, 0.25) is 0 Å². The smallest absolute Gasteiger partial charge is 0.140 e. The van der Waals surface area contributed by atoms with Crippen molar-refractivity contribution in [3.8, 4) is 56.0 Å². The summed E-state index contributed by atoms with van der Waals surface area (Å²) in [5, 5.41) is 4.57. The van der Waals surface area contributed by atoms with Gasteiger partial charge in [-0.05, 0) is 115 Å². The van der Waals surface area contributed by atoms with E-state index < -0.39 is 5.41 Å². The summed E-state index contributed by atoms with van der Waals surface area (Å²) < 4.78 is 7.19. The average molecular weight is 828 g/mol. The molecule has 0 amide bonds. The van der Waals surface area contributed by atoms with Crippen molar-refractivity contribution in [1.82, 2.24) is 0 Å². The lowest BCUT2D eigenvalue weighted by molar-refractivity contribution is 0.447. The van der Waals surface area contributed by atoms with Crippen LogP contribution in [0.4, 0.5) is 17.1 Å². The van der Waals surface area contributed by atoms with Crippen LogP contribution < -0.4 is 9.64 Å². The number of para-hydroxylation sites is 1. The standard InChI is InChI=1S/C63H41NO/c1-3-14-42(15-4-1)47-18-13-19-48(40-47)43-26-33-51(34-27-43)64(50-20-5-2-6-21-50)52-35-28-44(29-36-52)49-30-37-56-55-24-11-12-25-57(55)63(60(56)41-49)58-38-31-45-16-7-9-22-53(45)61(58)65-62-54-23-10-8-17-46(54)32-39-59(62)63/h1-41H. The molecule has 11 aromatic rings. The van der Waals surface area contributed by atoms with Gasteiger partial charge in [0, 0.05) is 39.0 Å². The fourth-order valence-corrected chi connectivity index (χ4v) is 10.7. The predicted molar refractivity (Wildman–Crippen MR) is 270 cm³/mol. The summed E-state index contributed by atoms with van der Waals surface area (Å²) in [5.74, 6) is 1.86. The Morgan fingerprint density at radius 3 is 1.34 bits per heavy atom. The summed E-state index contributed by atoms with van der Waals surface area (Å²) in [7, 11) is 0. The van der Waals surface area contributed by atoms with Crippen LogP contribution in [-0.4, -0.2) is 0 Å². The van der Waals surface area contributed by atoms with Gasteiger partial charge >= 0.3 is 0 Å². The van der Waals surface area contributed by atoms with Crippen molar-refractivity contribution in [3.63, 3.8) is 0 Å². The summed E-state index contributed by atoms with van der Waals surface area (Å²) in [4.78, 5) is 2.34. The maximum absolute atomic E-state index is 7.19. The van der Waals surface area contributed by atoms with Crippen molar-refractivity contribution in [2.45, 2.75) is 5.41 Å². The molecule has 2 heteroatoms. The van der Waals surface area contributed by atoms with E-state index in [0.29, 0.717) is 0 Å². The number of rotatable bonds is 6. The first-order chi connectivity index (χ1) is 32.2. The first-order valence-electron chi connectivity index (χ1n) is 22.4. The minimum Gasteiger partial charge on any atom is -0.455 e. The molecule has 0 fully saturated rings. The van der Waals surface area contributed by atoms with Crippen molar-refractivity contribution in [2.24, 2.45) is 0 Å². The van der Waals surface area contributed by atoms with Gasteiger partial charge in [-0.1, -0.05) is 200 Å². The molecule has 2 aliphatic rings. The molecular weight excluding hydrogens is 787 g/mol. The zero-order chi connectivity index (χ0) is 42.9. The van der Waals surface area contributed by atoms with Crippen LogP contribution in [0.25, 0.3) is 66.1 Å². The van der Waals surface area contributed by atoms with Crippen LogP contribution in [0, 0.1) is 0 Å². The van der Waals surface area contributed by atoms with E-state index >= 15 is 0 Å². The topological polar surface area (TPSA) is 12.5 Å². The van der Waals surface area contributed by atoms with Gasteiger partial charge in [-0.3, -0.25) is 0 Å². The Morgan fingerprint density at radius 2 is 0.723 bits per heavy atom. The molecule has 11 aromatic carbocycles. The van der Waals surface area contributed by atoms with Crippen molar-refractivity contribution < 1.29 is 4.74 Å². The van der Waals surface area contributed by atoms with Gasteiger partial charge in [0.25, 0.3) is 0 Å². The van der Waals surface area contributed by atoms with Crippen LogP contribution in [0.5, 0.6) is 11.5 Å². The summed E-state index contributed by atoms with van der Waals surface area (Å²) in [6.07, 6.45) is 0. The molecule has 13 rings (SSSR count). The molecule has 0 atom stereocenters. The number of benzene rings is 11. The van der Waals surface area contributed by atoms with Crippen LogP contribution >= 0.6 is 0 Å². The summed E-state index contributed by atoms with van der Waals surface area (Å²) >= 11 is 0. The lowest BCUT2D eigenvalue weighted by atomic mass is 9.65. The zero-order valence-electron chi connectivity index (χ0n) is 35.5. The molecular formula is C63H41NO. The SMILES string of the molecule is c1ccc(-c2cccc(-c3ccc(N(c4ccccc4)c4ccc(-c5ccc6c(c5)C5(c7ccccc7-6)c6ccc7ccccc7c6Oc6c5ccc5ccccc65)cc4)cc3)c2)cc1. The Balaban J connectivity index is 0.928. The highest BCUT2D eigenvalue weighted by Crippen LogP contribution is 2.64. The van der Waals surface area contributed by atoms with Crippen LogP contribution in [0.1, 0.15) is 22.3 Å². The molecule has 0 saturated carbocycles. The van der Waals surface area contributed by atoms with Crippen molar-refractivity contribution in [3.05, 3.63) is 271 Å². The van der Waals surface area contributed by atoms with Gasteiger partial charge < -0.3 is 9.64 Å². The Hall–Kier alpha value is -8.46. The second kappa shape index (κ2) is 14.8. The maximum Gasteiger partial charge on any atom is 0.140 e. The fourth-order valence-electron chi connectivity index (χ4n) is 10.7. The number of nitrogens with zero attached hydrogens (tertiary/aromatic N) is 1. The largest absolute Gasteiger partial charge is 0.455 e. The number of ether oxygens (including phenoxy) is 1. The van der Waals surface area contributed by atoms with E-state index in [9.17, 15) is 0 Å². The molecule has 0 unspecified atom stereocenters. The van der Waals surface area contributed by atoms with Gasteiger partial charge in [0.1, 0.15) is 11.5 Å². The minimum absolute atomic E-state index is 0.599. The monoisotopic (exact) mass is 827 g/mol. The van der Waals surface area contributed by atoms with Crippen LogP contribution in [0.15, 0.2) is 249 Å². The molecule has 0 N–H and O–H groups in total. The van der Waals surface area contributed by atoms with Crippen molar-refractivity contribution >= 4 is 38.6 Å². The summed E-state index contributed by atoms with van der Waals surface area (Å²) in [5.41, 5.74) is 17.3. The molecule has 0 saturated heterocycles. The molecule has 0 radical (unpaired) electrons. The van der Waals surface area contributed by atoms with E-state index in [1.807, 2.05) is 0 Å². The number of anilines is 3. The first kappa shape index (κ1) is 37.1. The lowest BCUT2D eigenvalue weighted by Gasteiger charge is -2.40. The third-order valence-electron chi connectivity index (χ3n) is 13.7. The van der Waals surface area contributed by atoms with E-state index in [0.717, 1.165) is 44.9 Å². The van der Waals surface area contributed by atoms with Crippen LogP contribution in [0.3, 0.4) is 0 Å². The number of hydrogen-bond acceptors (Lipinski definition) is 2. The van der Waals surface area contributed by atoms with E-state index in [4.69, 9.17) is 4.74 Å². The second-order valence-electron chi connectivity index (χ2n) is 17.2. The molecule has 2 nitrogen and oxygen atoms in total. The Bertz CT molecular complexity index is 3530. The third kappa shape index (κ3) is 5.81. The molecule has 1 heterocycles. The second-order valence-corrected chi connectivity index (χ2v) is 17.2. The molecule has 0 aromatic heterocycles. The van der Waals surface area contributed by atoms with Gasteiger partial charge in [0.05, 0.1) is 5.41 Å². The average Bonchev–Trinajstić information content (AvgIpc) is 3.67. The molecule has 1 aliphatic heterocycles. The Morgan fingerprint density at radius 1 is 0.277 bits per heavy atom. The number of hydrogen-bond donors (Lipinski definition) is 0. The Kier molecular flexibility index (Phi) is 8.47. The first-order valence-corrected chi connectivity index (χ1v) is 22.4. The molecule has 1 aliphatic carbocycles. The number of fused-ring (bicyclic) bond motifs is 13. The highest BCUT2D eigenvalue weighted by atomic mass is 16.5. The molecule has 304 valence electrons. The van der Waals surface area contributed by atoms with Gasteiger partial charge in [-0.15, -0.1) is 0 Å². The van der Waals surface area contributed by atoms with Gasteiger partial charge in [-0.2, -0.15) is 0 Å². The highest BCUT2D eigenvalue weighted by molar-refractivity contribution is 6.00. The summed E-state index contributed by atoms with van der Waals surface area (Å²) in [6, 6.07) is 90.5. The summed E-state index contributed by atoms with van der Waals surface area (Å²) in [6.45, 7) is 0. The molecule has 0 bridgehead atoms. The highest BCUT2D eigenvalue weighted by Gasteiger charge is 2.52. The van der Waals surface area contributed by atoms with E-state index in [1.54, 1.807) is 0 Å². The van der Waals surface area contributed by atoms with E-state index in [-0.39, 0.29) is 0 Å². The van der Waals surface area contributed by atoms with E-state index in [2.05, 4.69) is 254 Å². The predicted octanol–water partition coefficient (Wildman–Crippen LogP) is 16.9. The molecule has 1 spiro atoms. The lowest BCUT2D eigenvalue weighted by Crippen LogP contribution is -2.32. The minimum atomic E-state index is -0.599. The van der Waals surface area contributed by atoms with Gasteiger partial charge in [-0.25, -0.2) is 0 Å². The van der Waals surface area contributed by atoms with E-state index in [1.165, 1.54) is 72.0 Å². The maximum atomic E-state index is 7.19. The van der Waals surface area contributed by atoms with Gasteiger partial charge in [0.15, 0.2) is 0 Å². The Labute approximate surface area is 378 Å². The normalized spacial score (nSPS) is 12.9. The fraction of sp³-hybridized carbons (Fsp3) is 0.0159. The quantitative estimate of drug-likeness (QED) is 0.166. The zero-order valence-corrected chi connectivity index (χ0v) is 35.5. The third-order valence-corrected chi connectivity index (χ3v) is 13.7. The van der Waals surface area contributed by atoms with Crippen molar-refractivity contribution in [1.29, 1.82) is 0 Å². The molecule has 65 heavy (non-hydrogen) atoms. The van der Waals surface area contributed by atoms with Crippen molar-refractivity contribution in [2.75, 3.05) is 4.90 Å².